The lowest BCUT2D eigenvalue weighted by Gasteiger charge is -2.40. The second-order valence-electron chi connectivity index (χ2n) is 6.95. The molecule has 0 bridgehead atoms. The Balaban J connectivity index is 1.92. The molecular formula is C20H21ClF2O5. The van der Waals surface area contributed by atoms with Gasteiger partial charge in [-0.25, -0.2) is 8.78 Å². The molecule has 0 aliphatic carbocycles. The Hall–Kier alpha value is -1.61. The Morgan fingerprint density at radius 3 is 2.36 bits per heavy atom. The number of aliphatic hydroxyl groups excluding tert-OH is 4. The lowest BCUT2D eigenvalue weighted by atomic mass is 9.90. The summed E-state index contributed by atoms with van der Waals surface area (Å²) < 4.78 is 33.6. The number of ether oxygens (including phenoxy) is 1. The summed E-state index contributed by atoms with van der Waals surface area (Å²) in [5.41, 5.74) is 1.21. The fourth-order valence-electron chi connectivity index (χ4n) is 3.31. The van der Waals surface area contributed by atoms with Crippen LogP contribution in [0.5, 0.6) is 0 Å². The van der Waals surface area contributed by atoms with E-state index in [1.54, 1.807) is 12.1 Å². The van der Waals surface area contributed by atoms with Crippen LogP contribution in [0.15, 0.2) is 30.3 Å². The van der Waals surface area contributed by atoms with Crippen molar-refractivity contribution in [2.24, 2.45) is 0 Å². The van der Waals surface area contributed by atoms with Gasteiger partial charge < -0.3 is 25.2 Å². The smallest absolute Gasteiger partial charge is 0.162 e. The van der Waals surface area contributed by atoms with Gasteiger partial charge in [0.05, 0.1) is 6.61 Å². The normalized spacial score (nSPS) is 27.8. The number of benzene rings is 2. The molecule has 0 radical (unpaired) electrons. The zero-order valence-electron chi connectivity index (χ0n) is 15.0. The number of rotatable bonds is 4. The van der Waals surface area contributed by atoms with E-state index in [2.05, 4.69) is 0 Å². The Morgan fingerprint density at radius 1 is 0.964 bits per heavy atom. The number of hydrogen-bond acceptors (Lipinski definition) is 5. The summed E-state index contributed by atoms with van der Waals surface area (Å²) in [5, 5.41) is 39.8. The molecule has 4 N–H and O–H groups in total. The second-order valence-corrected chi connectivity index (χ2v) is 7.35. The van der Waals surface area contributed by atoms with Crippen molar-refractivity contribution in [2.75, 3.05) is 6.61 Å². The van der Waals surface area contributed by atoms with Gasteiger partial charge in [0, 0.05) is 11.4 Å². The second kappa shape index (κ2) is 8.41. The van der Waals surface area contributed by atoms with Gasteiger partial charge in [-0.05, 0) is 35.2 Å². The Kier molecular flexibility index (Phi) is 6.34. The first-order valence-corrected chi connectivity index (χ1v) is 9.14. The van der Waals surface area contributed by atoms with Crippen LogP contribution < -0.4 is 0 Å². The van der Waals surface area contributed by atoms with Gasteiger partial charge in [-0.2, -0.15) is 0 Å². The molecule has 5 atom stereocenters. The van der Waals surface area contributed by atoms with Crippen molar-refractivity contribution in [2.45, 2.75) is 43.9 Å². The topological polar surface area (TPSA) is 90.2 Å². The summed E-state index contributed by atoms with van der Waals surface area (Å²) in [6.07, 6.45) is -6.50. The number of halogens is 3. The van der Waals surface area contributed by atoms with E-state index < -0.39 is 48.8 Å². The Bertz CT molecular complexity index is 861. The molecule has 8 heteroatoms. The number of hydrogen-bond donors (Lipinski definition) is 4. The molecule has 2 aromatic rings. The molecular weight excluding hydrogens is 394 g/mol. The first kappa shape index (κ1) is 21.1. The molecule has 0 spiro atoms. The molecule has 1 aliphatic rings. The zero-order chi connectivity index (χ0) is 20.6. The average Bonchev–Trinajstić information content (AvgIpc) is 2.68. The molecule has 0 aromatic heterocycles. The average molecular weight is 415 g/mol. The third-order valence-electron chi connectivity index (χ3n) is 5.03. The van der Waals surface area contributed by atoms with Gasteiger partial charge in [0.1, 0.15) is 30.5 Å². The highest BCUT2D eigenvalue weighted by Gasteiger charge is 2.44. The summed E-state index contributed by atoms with van der Waals surface area (Å²) in [6.45, 7) is 0.921. The monoisotopic (exact) mass is 414 g/mol. The molecule has 1 saturated heterocycles. The van der Waals surface area contributed by atoms with Gasteiger partial charge in [0.25, 0.3) is 0 Å². The first-order chi connectivity index (χ1) is 13.2. The minimum absolute atomic E-state index is 0.00707. The van der Waals surface area contributed by atoms with Crippen LogP contribution in [0.25, 0.3) is 0 Å². The summed E-state index contributed by atoms with van der Waals surface area (Å²) in [4.78, 5) is 0. The maximum Gasteiger partial charge on any atom is 0.162 e. The van der Waals surface area contributed by atoms with Crippen molar-refractivity contribution in [1.29, 1.82) is 0 Å². The predicted octanol–water partition coefficient (Wildman–Crippen LogP) is 2.03. The van der Waals surface area contributed by atoms with Gasteiger partial charge in [0.2, 0.25) is 0 Å². The SMILES string of the molecule is Cc1ccc(Cc2cc([C@@H]3O[C@H](CO)[C@@H](O)[C@H](O)[C@H]3O)ccc2Cl)c(F)c1F. The minimum atomic E-state index is -1.52. The molecule has 1 heterocycles. The minimum Gasteiger partial charge on any atom is -0.394 e. The summed E-state index contributed by atoms with van der Waals surface area (Å²) >= 11 is 6.20. The first-order valence-electron chi connectivity index (χ1n) is 8.77. The third kappa shape index (κ3) is 3.91. The van der Waals surface area contributed by atoms with Crippen molar-refractivity contribution < 1.29 is 33.9 Å². The van der Waals surface area contributed by atoms with Crippen LogP contribution >= 0.6 is 11.6 Å². The van der Waals surface area contributed by atoms with E-state index >= 15 is 0 Å². The highest BCUT2D eigenvalue weighted by molar-refractivity contribution is 6.31. The fraction of sp³-hybridized carbons (Fsp3) is 0.400. The van der Waals surface area contributed by atoms with Crippen molar-refractivity contribution >= 4 is 11.6 Å². The predicted molar refractivity (Wildman–Crippen MR) is 98.1 cm³/mol. The quantitative estimate of drug-likeness (QED) is 0.614. The van der Waals surface area contributed by atoms with Gasteiger partial charge in [-0.1, -0.05) is 35.9 Å². The van der Waals surface area contributed by atoms with Crippen molar-refractivity contribution in [3.8, 4) is 0 Å². The van der Waals surface area contributed by atoms with E-state index in [1.807, 2.05) is 0 Å². The molecule has 0 amide bonds. The van der Waals surface area contributed by atoms with Crippen LogP contribution in [0.3, 0.4) is 0 Å². The van der Waals surface area contributed by atoms with Crippen LogP contribution in [0.1, 0.15) is 28.4 Å². The van der Waals surface area contributed by atoms with E-state index in [9.17, 15) is 29.2 Å². The largest absolute Gasteiger partial charge is 0.394 e. The van der Waals surface area contributed by atoms with Gasteiger partial charge in [0.15, 0.2) is 11.6 Å². The highest BCUT2D eigenvalue weighted by atomic mass is 35.5. The molecule has 0 saturated carbocycles. The zero-order valence-corrected chi connectivity index (χ0v) is 15.8. The Morgan fingerprint density at radius 2 is 1.68 bits per heavy atom. The highest BCUT2D eigenvalue weighted by Crippen LogP contribution is 2.34. The molecule has 1 fully saturated rings. The number of aryl methyl sites for hydroxylation is 1. The summed E-state index contributed by atoms with van der Waals surface area (Å²) in [5.74, 6) is -1.87. The van der Waals surface area contributed by atoms with Crippen LogP contribution in [0.2, 0.25) is 5.02 Å². The summed E-state index contributed by atoms with van der Waals surface area (Å²) in [7, 11) is 0. The van der Waals surface area contributed by atoms with Gasteiger partial charge in [-0.3, -0.25) is 0 Å². The Labute approximate surface area is 165 Å². The fourth-order valence-corrected chi connectivity index (χ4v) is 3.50. The lowest BCUT2D eigenvalue weighted by Crippen LogP contribution is -2.55. The van der Waals surface area contributed by atoms with Crippen LogP contribution in [-0.4, -0.2) is 51.4 Å². The molecule has 1 aliphatic heterocycles. The maximum absolute atomic E-state index is 14.2. The summed E-state index contributed by atoms with van der Waals surface area (Å²) in [6, 6.07) is 7.60. The van der Waals surface area contributed by atoms with E-state index in [1.165, 1.54) is 25.1 Å². The van der Waals surface area contributed by atoms with Crippen molar-refractivity contribution in [3.05, 3.63) is 69.2 Å². The van der Waals surface area contributed by atoms with Crippen molar-refractivity contribution in [3.63, 3.8) is 0 Å². The van der Waals surface area contributed by atoms with E-state index in [-0.39, 0.29) is 17.5 Å². The lowest BCUT2D eigenvalue weighted by molar-refractivity contribution is -0.231. The van der Waals surface area contributed by atoms with Gasteiger partial charge in [-0.15, -0.1) is 0 Å². The molecule has 0 unspecified atom stereocenters. The van der Waals surface area contributed by atoms with Crippen LogP contribution in [-0.2, 0) is 11.2 Å². The molecule has 5 nitrogen and oxygen atoms in total. The standard InChI is InChI=1S/C20H21ClF2O5/c1-9-2-3-10(16(23)15(9)22)6-12-7-11(4-5-13(12)21)20-19(27)18(26)17(25)14(8-24)28-20/h2-5,7,14,17-20,24-27H,6,8H2,1H3/t14-,17-,18+,19-,20+/m1/s1. The van der Waals surface area contributed by atoms with E-state index in [0.29, 0.717) is 16.1 Å². The molecule has 152 valence electrons. The number of aliphatic hydroxyl groups is 4. The van der Waals surface area contributed by atoms with Crippen LogP contribution in [0.4, 0.5) is 8.78 Å². The molecule has 3 rings (SSSR count). The molecule has 2 aromatic carbocycles. The van der Waals surface area contributed by atoms with E-state index in [0.717, 1.165) is 0 Å². The third-order valence-corrected chi connectivity index (χ3v) is 5.40. The van der Waals surface area contributed by atoms with Crippen molar-refractivity contribution in [1.82, 2.24) is 0 Å². The van der Waals surface area contributed by atoms with Crippen LogP contribution in [0, 0.1) is 18.6 Å². The maximum atomic E-state index is 14.2. The molecule has 28 heavy (non-hydrogen) atoms. The van der Waals surface area contributed by atoms with Gasteiger partial charge >= 0.3 is 0 Å². The van der Waals surface area contributed by atoms with E-state index in [4.69, 9.17) is 16.3 Å².